The highest BCUT2D eigenvalue weighted by molar-refractivity contribution is 14.1. The van der Waals surface area contributed by atoms with E-state index in [2.05, 4.69) is 0 Å². The summed E-state index contributed by atoms with van der Waals surface area (Å²) in [5.74, 6) is -0.408. The highest BCUT2D eigenvalue weighted by atomic mass is 127. The van der Waals surface area contributed by atoms with Gasteiger partial charge in [-0.2, -0.15) is 0 Å². The first-order valence-corrected chi connectivity index (χ1v) is 4.10. The summed E-state index contributed by atoms with van der Waals surface area (Å²) < 4.78 is 6.26. The van der Waals surface area contributed by atoms with Gasteiger partial charge in [0, 0.05) is 0 Å². The molecule has 0 aromatic rings. The Morgan fingerprint density at radius 2 is 2.40 bits per heavy atom. The molecule has 0 unspecified atom stereocenters. The highest BCUT2D eigenvalue weighted by Gasteiger charge is 2.34. The fourth-order valence-corrected chi connectivity index (χ4v) is 1.41. The van der Waals surface area contributed by atoms with E-state index in [4.69, 9.17) is 4.74 Å². The number of carbonyl (C=O) groups excluding carboxylic acids is 1. The second-order valence-corrected chi connectivity index (χ2v) is 2.74. The lowest BCUT2D eigenvalue weighted by Gasteiger charge is -2.03. The minimum Gasteiger partial charge on any atom is -0.456 e. The first kappa shape index (κ1) is 8.00. The zero-order valence-electron chi connectivity index (χ0n) is 5.37. The summed E-state index contributed by atoms with van der Waals surface area (Å²) in [4.78, 5) is 10.8. The molecule has 0 spiro atoms. The van der Waals surface area contributed by atoms with Crippen LogP contribution in [0.3, 0.4) is 0 Å². The summed E-state index contributed by atoms with van der Waals surface area (Å²) in [6.45, 7) is 1.66. The number of aliphatic hydroxyl groups excluding tert-OH is 1. The molecule has 1 heterocycles. The maximum Gasteiger partial charge on any atom is 0.337 e. The molecular weight excluding hydrogens is 247 g/mol. The molecule has 56 valence electrons. The maximum atomic E-state index is 10.8. The molecule has 1 rings (SSSR count). The summed E-state index contributed by atoms with van der Waals surface area (Å²) in [6, 6.07) is 0. The van der Waals surface area contributed by atoms with Crippen LogP contribution in [0.5, 0.6) is 0 Å². The zero-order valence-corrected chi connectivity index (χ0v) is 7.53. The van der Waals surface area contributed by atoms with E-state index in [-0.39, 0.29) is 0 Å². The predicted molar refractivity (Wildman–Crippen MR) is 43.7 cm³/mol. The standard InChI is InChI=1S/C6H7IO3/c1-3-5(8)4(2-7)6(9)10-3/h2-3,5,8H,1H3/b4-2-/t3-,5-/m0/s1. The number of esters is 1. The van der Waals surface area contributed by atoms with Crippen molar-refractivity contribution in [3.63, 3.8) is 0 Å². The minimum absolute atomic E-state index is 0.355. The summed E-state index contributed by atoms with van der Waals surface area (Å²) in [6.07, 6.45) is -1.14. The summed E-state index contributed by atoms with van der Waals surface area (Å²) in [5, 5.41) is 9.21. The molecule has 2 atom stereocenters. The van der Waals surface area contributed by atoms with Crippen LogP contribution in [0.25, 0.3) is 0 Å². The van der Waals surface area contributed by atoms with Crippen molar-refractivity contribution < 1.29 is 14.6 Å². The molecule has 0 radical (unpaired) electrons. The van der Waals surface area contributed by atoms with Crippen LogP contribution in [0.4, 0.5) is 0 Å². The topological polar surface area (TPSA) is 46.5 Å². The third-order valence-corrected chi connectivity index (χ3v) is 2.08. The van der Waals surface area contributed by atoms with Crippen molar-refractivity contribution in [3.05, 3.63) is 9.66 Å². The quantitative estimate of drug-likeness (QED) is 0.391. The van der Waals surface area contributed by atoms with Crippen molar-refractivity contribution in [1.29, 1.82) is 0 Å². The average molecular weight is 254 g/mol. The van der Waals surface area contributed by atoms with Gasteiger partial charge in [-0.1, -0.05) is 22.6 Å². The number of rotatable bonds is 0. The molecule has 0 saturated carbocycles. The SMILES string of the molecule is C[C@@H]1OC(=O)/C(=C\I)[C@H]1O. The Morgan fingerprint density at radius 1 is 1.80 bits per heavy atom. The predicted octanol–water partition coefficient (Wildman–Crippen LogP) is 0.611. The second-order valence-electron chi connectivity index (χ2n) is 2.12. The average Bonchev–Trinajstić information content (AvgIpc) is 2.09. The van der Waals surface area contributed by atoms with Crippen molar-refractivity contribution >= 4 is 28.6 Å². The summed E-state index contributed by atoms with van der Waals surface area (Å²) >= 11 is 1.91. The molecule has 4 heteroatoms. The lowest BCUT2D eigenvalue weighted by Crippen LogP contribution is -2.17. The number of hydrogen-bond acceptors (Lipinski definition) is 3. The Balaban J connectivity index is 2.85. The van der Waals surface area contributed by atoms with Crippen molar-refractivity contribution in [3.8, 4) is 0 Å². The second kappa shape index (κ2) is 2.87. The smallest absolute Gasteiger partial charge is 0.337 e. The van der Waals surface area contributed by atoms with Crippen LogP contribution in [0.1, 0.15) is 6.92 Å². The van der Waals surface area contributed by atoms with E-state index in [1.165, 1.54) is 0 Å². The molecule has 3 nitrogen and oxygen atoms in total. The van der Waals surface area contributed by atoms with Crippen LogP contribution in [-0.2, 0) is 9.53 Å². The van der Waals surface area contributed by atoms with Crippen molar-refractivity contribution in [2.75, 3.05) is 0 Å². The van der Waals surface area contributed by atoms with Gasteiger partial charge in [-0.05, 0) is 11.0 Å². The van der Waals surface area contributed by atoms with E-state index in [9.17, 15) is 9.90 Å². The molecule has 1 N–H and O–H groups in total. The third kappa shape index (κ3) is 1.17. The number of ether oxygens (including phenoxy) is 1. The Hall–Kier alpha value is -0.100. The van der Waals surface area contributed by atoms with Gasteiger partial charge in [0.05, 0.1) is 5.57 Å². The molecule has 1 fully saturated rings. The largest absolute Gasteiger partial charge is 0.456 e. The Kier molecular flexibility index (Phi) is 2.30. The Labute approximate surface area is 72.2 Å². The van der Waals surface area contributed by atoms with Gasteiger partial charge in [0.2, 0.25) is 0 Å². The summed E-state index contributed by atoms with van der Waals surface area (Å²) in [7, 11) is 0. The molecule has 0 bridgehead atoms. The van der Waals surface area contributed by atoms with Gasteiger partial charge in [-0.3, -0.25) is 0 Å². The van der Waals surface area contributed by atoms with Crippen molar-refractivity contribution in [1.82, 2.24) is 0 Å². The Bertz CT molecular complexity index is 187. The molecule has 1 aliphatic heterocycles. The van der Waals surface area contributed by atoms with Crippen LogP contribution < -0.4 is 0 Å². The lowest BCUT2D eigenvalue weighted by atomic mass is 10.1. The number of carbonyl (C=O) groups is 1. The summed E-state index contributed by atoms with van der Waals surface area (Å²) in [5.41, 5.74) is 0.355. The normalized spacial score (nSPS) is 36.7. The maximum absolute atomic E-state index is 10.8. The van der Waals surface area contributed by atoms with Crippen molar-refractivity contribution in [2.24, 2.45) is 0 Å². The molecule has 1 aliphatic rings. The van der Waals surface area contributed by atoms with Gasteiger partial charge in [-0.15, -0.1) is 0 Å². The van der Waals surface area contributed by atoms with Gasteiger partial charge >= 0.3 is 5.97 Å². The molecular formula is C6H7IO3. The van der Waals surface area contributed by atoms with Crippen LogP contribution >= 0.6 is 22.6 Å². The number of halogens is 1. The van der Waals surface area contributed by atoms with E-state index in [1.807, 2.05) is 22.6 Å². The van der Waals surface area contributed by atoms with Crippen molar-refractivity contribution in [2.45, 2.75) is 19.1 Å². The Morgan fingerprint density at radius 3 is 2.60 bits per heavy atom. The molecule has 0 amide bonds. The number of hydrogen-bond donors (Lipinski definition) is 1. The fraction of sp³-hybridized carbons (Fsp3) is 0.500. The fourth-order valence-electron chi connectivity index (χ4n) is 0.784. The minimum atomic E-state index is -0.746. The number of cyclic esters (lactones) is 1. The monoisotopic (exact) mass is 254 g/mol. The van der Waals surface area contributed by atoms with Gasteiger partial charge in [0.1, 0.15) is 12.2 Å². The van der Waals surface area contributed by atoms with Crippen LogP contribution in [-0.4, -0.2) is 23.3 Å². The van der Waals surface area contributed by atoms with E-state index in [1.54, 1.807) is 11.0 Å². The number of aliphatic hydroxyl groups is 1. The van der Waals surface area contributed by atoms with Gasteiger partial charge in [-0.25, -0.2) is 4.79 Å². The van der Waals surface area contributed by atoms with Gasteiger partial charge in [0.25, 0.3) is 0 Å². The molecule has 10 heavy (non-hydrogen) atoms. The zero-order chi connectivity index (χ0) is 7.72. The highest BCUT2D eigenvalue weighted by Crippen LogP contribution is 2.21. The lowest BCUT2D eigenvalue weighted by molar-refractivity contribution is -0.138. The van der Waals surface area contributed by atoms with E-state index in [0.717, 1.165) is 0 Å². The molecule has 0 aromatic carbocycles. The van der Waals surface area contributed by atoms with E-state index >= 15 is 0 Å². The molecule has 0 aliphatic carbocycles. The van der Waals surface area contributed by atoms with E-state index in [0.29, 0.717) is 5.57 Å². The van der Waals surface area contributed by atoms with Crippen LogP contribution in [0.15, 0.2) is 9.66 Å². The van der Waals surface area contributed by atoms with Crippen LogP contribution in [0.2, 0.25) is 0 Å². The third-order valence-electron chi connectivity index (χ3n) is 1.41. The first-order chi connectivity index (χ1) is 4.66. The molecule has 1 saturated heterocycles. The van der Waals surface area contributed by atoms with Crippen LogP contribution in [0, 0.1) is 0 Å². The molecule has 0 aromatic heterocycles. The van der Waals surface area contributed by atoms with Gasteiger partial charge < -0.3 is 9.84 Å². The first-order valence-electron chi connectivity index (χ1n) is 2.86. The van der Waals surface area contributed by atoms with Gasteiger partial charge in [0.15, 0.2) is 0 Å². The van der Waals surface area contributed by atoms with E-state index < -0.39 is 18.2 Å².